The fraction of sp³-hybridized carbons (Fsp3) is 0.429. The maximum absolute atomic E-state index is 11.8. The highest BCUT2D eigenvalue weighted by Crippen LogP contribution is 2.27. The number of nitrogens with one attached hydrogen (secondary N) is 1. The zero-order valence-electron chi connectivity index (χ0n) is 11.6. The van der Waals surface area contributed by atoms with Crippen molar-refractivity contribution in [2.45, 2.75) is 26.8 Å². The van der Waals surface area contributed by atoms with Gasteiger partial charge in [0.15, 0.2) is 12.4 Å². The van der Waals surface area contributed by atoms with Gasteiger partial charge in [-0.05, 0) is 25.0 Å². The van der Waals surface area contributed by atoms with Crippen molar-refractivity contribution in [1.29, 1.82) is 0 Å². The predicted molar refractivity (Wildman–Crippen MR) is 79.4 cm³/mol. The summed E-state index contributed by atoms with van der Waals surface area (Å²) in [7, 11) is 0. The molecule has 0 aromatic heterocycles. The van der Waals surface area contributed by atoms with Gasteiger partial charge in [0.2, 0.25) is 0 Å². The first-order valence-electron chi connectivity index (χ1n) is 6.19. The lowest BCUT2D eigenvalue weighted by atomic mass is 10.0. The van der Waals surface area contributed by atoms with E-state index in [-0.39, 0.29) is 24.2 Å². The van der Waals surface area contributed by atoms with Crippen LogP contribution in [0.1, 0.15) is 20.8 Å². The highest BCUT2D eigenvalue weighted by atomic mass is 35.5. The maximum Gasteiger partial charge on any atom is 0.258 e. The summed E-state index contributed by atoms with van der Waals surface area (Å²) in [4.78, 5) is 23.2. The summed E-state index contributed by atoms with van der Waals surface area (Å²) < 4.78 is 5.30. The molecule has 0 saturated heterocycles. The van der Waals surface area contributed by atoms with E-state index in [0.29, 0.717) is 15.8 Å². The molecule has 0 saturated carbocycles. The Morgan fingerprint density at radius 3 is 2.50 bits per heavy atom. The molecule has 6 heteroatoms. The van der Waals surface area contributed by atoms with Crippen LogP contribution in [0.15, 0.2) is 18.2 Å². The van der Waals surface area contributed by atoms with E-state index in [1.807, 2.05) is 13.8 Å². The van der Waals surface area contributed by atoms with Gasteiger partial charge in [0, 0.05) is 11.1 Å². The van der Waals surface area contributed by atoms with Crippen LogP contribution in [-0.2, 0) is 9.59 Å². The first kappa shape index (κ1) is 16.8. The Morgan fingerprint density at radius 2 is 1.95 bits per heavy atom. The zero-order chi connectivity index (χ0) is 15.3. The fourth-order valence-corrected chi connectivity index (χ4v) is 2.02. The molecule has 110 valence electrons. The molecule has 1 rings (SSSR count). The minimum Gasteiger partial charge on any atom is -0.482 e. The van der Waals surface area contributed by atoms with E-state index in [4.69, 9.17) is 27.9 Å². The summed E-state index contributed by atoms with van der Waals surface area (Å²) in [6, 6.07) is 4.23. The van der Waals surface area contributed by atoms with Gasteiger partial charge in [-0.15, -0.1) is 0 Å². The molecule has 0 fully saturated rings. The highest BCUT2D eigenvalue weighted by Gasteiger charge is 2.20. The van der Waals surface area contributed by atoms with Crippen LogP contribution in [0.3, 0.4) is 0 Å². The number of rotatable bonds is 6. The molecule has 1 amide bonds. The predicted octanol–water partition coefficient (Wildman–Crippen LogP) is 3.10. The summed E-state index contributed by atoms with van der Waals surface area (Å²) in [5.74, 6) is -0.117. The molecular formula is C14H17Cl2NO3. The molecule has 1 aromatic rings. The van der Waals surface area contributed by atoms with Crippen LogP contribution < -0.4 is 10.1 Å². The number of benzene rings is 1. The van der Waals surface area contributed by atoms with Gasteiger partial charge in [0.25, 0.3) is 5.91 Å². The van der Waals surface area contributed by atoms with Crippen LogP contribution in [0.4, 0.5) is 0 Å². The number of carbonyl (C=O) groups is 2. The lowest BCUT2D eigenvalue weighted by Crippen LogP contribution is -2.45. The van der Waals surface area contributed by atoms with Crippen molar-refractivity contribution in [3.05, 3.63) is 28.2 Å². The van der Waals surface area contributed by atoms with E-state index in [2.05, 4.69) is 5.32 Å². The monoisotopic (exact) mass is 317 g/mol. The van der Waals surface area contributed by atoms with Gasteiger partial charge >= 0.3 is 0 Å². The van der Waals surface area contributed by atoms with E-state index in [1.165, 1.54) is 13.0 Å². The van der Waals surface area contributed by atoms with Crippen molar-refractivity contribution >= 4 is 34.9 Å². The van der Waals surface area contributed by atoms with Gasteiger partial charge in [-0.1, -0.05) is 37.0 Å². The normalized spacial score (nSPS) is 12.1. The van der Waals surface area contributed by atoms with Crippen LogP contribution in [0.5, 0.6) is 5.75 Å². The quantitative estimate of drug-likeness (QED) is 0.877. The Bertz CT molecular complexity index is 503. The smallest absolute Gasteiger partial charge is 0.258 e. The van der Waals surface area contributed by atoms with E-state index < -0.39 is 6.04 Å². The average Bonchev–Trinajstić information content (AvgIpc) is 2.36. The Balaban J connectivity index is 2.59. The van der Waals surface area contributed by atoms with Crippen molar-refractivity contribution in [3.8, 4) is 5.75 Å². The lowest BCUT2D eigenvalue weighted by molar-refractivity contribution is -0.129. The maximum atomic E-state index is 11.8. The van der Waals surface area contributed by atoms with Gasteiger partial charge in [-0.3, -0.25) is 9.59 Å². The number of hydrogen-bond acceptors (Lipinski definition) is 3. The van der Waals surface area contributed by atoms with Crippen molar-refractivity contribution in [2.75, 3.05) is 6.61 Å². The highest BCUT2D eigenvalue weighted by molar-refractivity contribution is 6.34. The molecule has 20 heavy (non-hydrogen) atoms. The standard InChI is InChI=1S/C14H17Cl2NO3/c1-8(2)14(9(3)18)17-13(19)7-20-12-6-10(15)4-5-11(12)16/h4-6,8,14H,7H2,1-3H3,(H,17,19). The van der Waals surface area contributed by atoms with Crippen molar-refractivity contribution < 1.29 is 14.3 Å². The minimum atomic E-state index is -0.513. The number of Topliss-reactive ketones (excluding diaryl/α,β-unsaturated/α-hetero) is 1. The average molecular weight is 318 g/mol. The number of amides is 1. The van der Waals surface area contributed by atoms with Crippen LogP contribution in [0.2, 0.25) is 10.0 Å². The molecule has 1 unspecified atom stereocenters. The summed E-state index contributed by atoms with van der Waals surface area (Å²) in [6.45, 7) is 4.94. The molecular weight excluding hydrogens is 301 g/mol. The topological polar surface area (TPSA) is 55.4 Å². The van der Waals surface area contributed by atoms with E-state index in [1.54, 1.807) is 12.1 Å². The van der Waals surface area contributed by atoms with E-state index >= 15 is 0 Å². The molecule has 0 spiro atoms. The first-order valence-corrected chi connectivity index (χ1v) is 6.94. The molecule has 1 atom stereocenters. The number of hydrogen-bond donors (Lipinski definition) is 1. The summed E-state index contributed by atoms with van der Waals surface area (Å²) in [5.41, 5.74) is 0. The molecule has 0 radical (unpaired) electrons. The second-order valence-electron chi connectivity index (χ2n) is 4.76. The van der Waals surface area contributed by atoms with Gasteiger partial charge in [0.1, 0.15) is 5.75 Å². The SMILES string of the molecule is CC(=O)C(NC(=O)COc1cc(Cl)ccc1Cl)C(C)C. The van der Waals surface area contributed by atoms with Crippen LogP contribution in [-0.4, -0.2) is 24.3 Å². The van der Waals surface area contributed by atoms with Gasteiger partial charge in [0.05, 0.1) is 11.1 Å². The van der Waals surface area contributed by atoms with Crippen LogP contribution in [0, 0.1) is 5.92 Å². The van der Waals surface area contributed by atoms with Crippen molar-refractivity contribution in [2.24, 2.45) is 5.92 Å². The third-order valence-electron chi connectivity index (χ3n) is 2.67. The molecule has 0 heterocycles. The summed E-state index contributed by atoms with van der Waals surface area (Å²) in [6.07, 6.45) is 0. The Hall–Kier alpha value is -1.26. The largest absolute Gasteiger partial charge is 0.482 e. The second-order valence-corrected chi connectivity index (χ2v) is 5.61. The van der Waals surface area contributed by atoms with Crippen LogP contribution in [0.25, 0.3) is 0 Å². The first-order chi connectivity index (χ1) is 9.31. The minimum absolute atomic E-state index is 0.0196. The third kappa shape index (κ3) is 5.02. The molecule has 1 N–H and O–H groups in total. The number of ether oxygens (including phenoxy) is 1. The van der Waals surface area contributed by atoms with Gasteiger partial charge in [-0.25, -0.2) is 0 Å². The molecule has 1 aromatic carbocycles. The number of halogens is 2. The number of ketones is 1. The third-order valence-corrected chi connectivity index (χ3v) is 3.22. The molecule has 4 nitrogen and oxygen atoms in total. The Kier molecular flexibility index (Phi) is 6.30. The summed E-state index contributed by atoms with van der Waals surface area (Å²) in [5, 5.41) is 3.47. The lowest BCUT2D eigenvalue weighted by Gasteiger charge is -2.19. The number of carbonyl (C=O) groups excluding carboxylic acids is 2. The second kappa shape index (κ2) is 7.50. The van der Waals surface area contributed by atoms with E-state index in [9.17, 15) is 9.59 Å². The molecule has 0 bridgehead atoms. The molecule has 0 aliphatic rings. The van der Waals surface area contributed by atoms with Crippen molar-refractivity contribution in [1.82, 2.24) is 5.32 Å². The van der Waals surface area contributed by atoms with Crippen LogP contribution >= 0.6 is 23.2 Å². The molecule has 0 aliphatic heterocycles. The zero-order valence-corrected chi connectivity index (χ0v) is 13.1. The molecule has 0 aliphatic carbocycles. The Morgan fingerprint density at radius 1 is 1.30 bits per heavy atom. The van der Waals surface area contributed by atoms with Gasteiger partial charge in [-0.2, -0.15) is 0 Å². The van der Waals surface area contributed by atoms with E-state index in [0.717, 1.165) is 0 Å². The Labute approximate surface area is 128 Å². The van der Waals surface area contributed by atoms with Gasteiger partial charge < -0.3 is 10.1 Å². The summed E-state index contributed by atoms with van der Waals surface area (Å²) >= 11 is 11.7. The fourth-order valence-electron chi connectivity index (χ4n) is 1.68. The van der Waals surface area contributed by atoms with Crippen molar-refractivity contribution in [3.63, 3.8) is 0 Å².